The second-order valence-corrected chi connectivity index (χ2v) is 8.27. The Bertz CT molecular complexity index is 391. The Hall–Kier alpha value is -1.06. The molecule has 1 saturated carbocycles. The van der Waals surface area contributed by atoms with E-state index in [0.717, 1.165) is 38.5 Å². The third-order valence-corrected chi connectivity index (χ3v) is 5.68. The summed E-state index contributed by atoms with van der Waals surface area (Å²) in [5, 5.41) is 2.83. The van der Waals surface area contributed by atoms with Crippen LogP contribution in [0, 0.1) is 5.92 Å². The zero-order valence-corrected chi connectivity index (χ0v) is 17.9. The SMILES string of the molecule is CCCCCCCCCCCCCOC(=O)C(C)NC(=O)C1CCCCC1. The highest BCUT2D eigenvalue weighted by molar-refractivity contribution is 5.85. The maximum Gasteiger partial charge on any atom is 0.328 e. The third-order valence-electron chi connectivity index (χ3n) is 5.68. The maximum atomic E-state index is 12.2. The standard InChI is InChI=1S/C23H43NO3/c1-3-4-5-6-7-8-9-10-11-12-16-19-27-23(26)20(2)24-22(25)21-17-14-13-15-18-21/h20-21H,3-19H2,1-2H3,(H,24,25). The predicted molar refractivity (Wildman–Crippen MR) is 112 cm³/mol. The smallest absolute Gasteiger partial charge is 0.328 e. The zero-order valence-electron chi connectivity index (χ0n) is 17.9. The molecule has 0 bridgehead atoms. The molecule has 0 aromatic carbocycles. The molecule has 1 atom stereocenters. The van der Waals surface area contributed by atoms with Crippen LogP contribution < -0.4 is 5.32 Å². The van der Waals surface area contributed by atoms with E-state index in [4.69, 9.17) is 4.74 Å². The lowest BCUT2D eigenvalue weighted by molar-refractivity contribution is -0.148. The molecule has 4 nitrogen and oxygen atoms in total. The van der Waals surface area contributed by atoms with Gasteiger partial charge >= 0.3 is 5.97 Å². The summed E-state index contributed by atoms with van der Waals surface area (Å²) in [5.41, 5.74) is 0. The Morgan fingerprint density at radius 1 is 0.852 bits per heavy atom. The summed E-state index contributed by atoms with van der Waals surface area (Å²) >= 11 is 0. The zero-order chi connectivity index (χ0) is 19.7. The van der Waals surface area contributed by atoms with Crippen molar-refractivity contribution in [2.24, 2.45) is 5.92 Å². The van der Waals surface area contributed by atoms with Gasteiger partial charge in [-0.2, -0.15) is 0 Å². The molecule has 1 aliphatic carbocycles. The Morgan fingerprint density at radius 2 is 1.37 bits per heavy atom. The average Bonchev–Trinajstić information content (AvgIpc) is 2.69. The largest absolute Gasteiger partial charge is 0.464 e. The summed E-state index contributed by atoms with van der Waals surface area (Å²) in [4.78, 5) is 24.2. The van der Waals surface area contributed by atoms with Gasteiger partial charge in [0.1, 0.15) is 6.04 Å². The van der Waals surface area contributed by atoms with E-state index >= 15 is 0 Å². The van der Waals surface area contributed by atoms with E-state index in [1.807, 2.05) is 0 Å². The number of hydrogen-bond donors (Lipinski definition) is 1. The van der Waals surface area contributed by atoms with Crippen molar-refractivity contribution in [1.82, 2.24) is 5.32 Å². The van der Waals surface area contributed by atoms with Crippen molar-refractivity contribution in [3.05, 3.63) is 0 Å². The molecule has 0 radical (unpaired) electrons. The lowest BCUT2D eigenvalue weighted by Gasteiger charge is -2.22. The molecule has 0 spiro atoms. The van der Waals surface area contributed by atoms with Crippen LogP contribution in [0.15, 0.2) is 0 Å². The van der Waals surface area contributed by atoms with Crippen LogP contribution in [0.4, 0.5) is 0 Å². The minimum atomic E-state index is -0.535. The van der Waals surface area contributed by atoms with Crippen LogP contribution in [0.5, 0.6) is 0 Å². The number of nitrogens with one attached hydrogen (secondary N) is 1. The van der Waals surface area contributed by atoms with E-state index in [1.165, 1.54) is 64.2 Å². The second-order valence-electron chi connectivity index (χ2n) is 8.27. The molecule has 0 aliphatic heterocycles. The summed E-state index contributed by atoms with van der Waals surface area (Å²) in [6.45, 7) is 4.45. The van der Waals surface area contributed by atoms with Crippen molar-refractivity contribution < 1.29 is 14.3 Å². The predicted octanol–water partition coefficient (Wildman–Crippen LogP) is 5.93. The Kier molecular flexibility index (Phi) is 14.2. The molecule has 0 aromatic rings. The topological polar surface area (TPSA) is 55.4 Å². The molecule has 27 heavy (non-hydrogen) atoms. The monoisotopic (exact) mass is 381 g/mol. The van der Waals surface area contributed by atoms with Crippen LogP contribution in [0.2, 0.25) is 0 Å². The van der Waals surface area contributed by atoms with Crippen LogP contribution in [-0.4, -0.2) is 24.5 Å². The van der Waals surface area contributed by atoms with Gasteiger partial charge in [0.15, 0.2) is 0 Å². The highest BCUT2D eigenvalue weighted by Gasteiger charge is 2.24. The van der Waals surface area contributed by atoms with Crippen molar-refractivity contribution in [2.75, 3.05) is 6.61 Å². The Labute approximate surface area is 167 Å². The molecule has 1 rings (SSSR count). The summed E-state index contributed by atoms with van der Waals surface area (Å²) in [6.07, 6.45) is 19.5. The number of esters is 1. The molecule has 1 amide bonds. The van der Waals surface area contributed by atoms with Gasteiger partial charge in [-0.15, -0.1) is 0 Å². The minimum Gasteiger partial charge on any atom is -0.464 e. The number of carbonyl (C=O) groups excluding carboxylic acids is 2. The fourth-order valence-corrected chi connectivity index (χ4v) is 3.82. The van der Waals surface area contributed by atoms with Crippen LogP contribution in [-0.2, 0) is 14.3 Å². The molecular formula is C23H43NO3. The van der Waals surface area contributed by atoms with Crippen molar-refractivity contribution in [1.29, 1.82) is 0 Å². The molecule has 1 unspecified atom stereocenters. The highest BCUT2D eigenvalue weighted by atomic mass is 16.5. The molecule has 0 aromatic heterocycles. The maximum absolute atomic E-state index is 12.2. The van der Waals surface area contributed by atoms with Gasteiger partial charge in [-0.05, 0) is 26.2 Å². The van der Waals surface area contributed by atoms with Gasteiger partial charge in [-0.25, -0.2) is 4.79 Å². The van der Waals surface area contributed by atoms with Crippen molar-refractivity contribution >= 4 is 11.9 Å². The van der Waals surface area contributed by atoms with Gasteiger partial charge in [0.25, 0.3) is 0 Å². The quantitative estimate of drug-likeness (QED) is 0.283. The van der Waals surface area contributed by atoms with Crippen molar-refractivity contribution in [2.45, 2.75) is 123 Å². The number of ether oxygens (including phenoxy) is 1. The lowest BCUT2D eigenvalue weighted by atomic mass is 9.88. The molecule has 0 saturated heterocycles. The van der Waals surface area contributed by atoms with Gasteiger partial charge in [0.2, 0.25) is 5.91 Å². The minimum absolute atomic E-state index is 0.0221. The number of amides is 1. The lowest BCUT2D eigenvalue weighted by Crippen LogP contribution is -2.43. The molecule has 1 fully saturated rings. The average molecular weight is 382 g/mol. The number of hydrogen-bond acceptors (Lipinski definition) is 3. The Balaban J connectivity index is 1.93. The van der Waals surface area contributed by atoms with Gasteiger partial charge in [0, 0.05) is 5.92 Å². The van der Waals surface area contributed by atoms with E-state index in [2.05, 4.69) is 12.2 Å². The molecule has 1 N–H and O–H groups in total. The number of unbranched alkanes of at least 4 members (excludes halogenated alkanes) is 10. The van der Waals surface area contributed by atoms with Crippen molar-refractivity contribution in [3.63, 3.8) is 0 Å². The normalized spacial score (nSPS) is 16.1. The first-order chi connectivity index (χ1) is 13.1. The second kappa shape index (κ2) is 15.9. The van der Waals surface area contributed by atoms with Gasteiger partial charge in [-0.1, -0.05) is 90.4 Å². The van der Waals surface area contributed by atoms with E-state index in [1.54, 1.807) is 6.92 Å². The van der Waals surface area contributed by atoms with E-state index < -0.39 is 6.04 Å². The Morgan fingerprint density at radius 3 is 1.93 bits per heavy atom. The van der Waals surface area contributed by atoms with Gasteiger partial charge in [-0.3, -0.25) is 4.79 Å². The molecule has 0 heterocycles. The molecular weight excluding hydrogens is 338 g/mol. The first-order valence-electron chi connectivity index (χ1n) is 11.6. The molecule has 158 valence electrons. The van der Waals surface area contributed by atoms with E-state index in [-0.39, 0.29) is 17.8 Å². The van der Waals surface area contributed by atoms with Crippen LogP contribution in [0.1, 0.15) is 117 Å². The highest BCUT2D eigenvalue weighted by Crippen LogP contribution is 2.23. The van der Waals surface area contributed by atoms with Gasteiger partial charge in [0.05, 0.1) is 6.61 Å². The fraction of sp³-hybridized carbons (Fsp3) is 0.913. The third kappa shape index (κ3) is 12.1. The molecule has 4 heteroatoms. The number of rotatable bonds is 15. The molecule has 1 aliphatic rings. The van der Waals surface area contributed by atoms with Crippen LogP contribution in [0.25, 0.3) is 0 Å². The number of carbonyl (C=O) groups is 2. The van der Waals surface area contributed by atoms with Crippen molar-refractivity contribution in [3.8, 4) is 0 Å². The van der Waals surface area contributed by atoms with Gasteiger partial charge < -0.3 is 10.1 Å². The van der Waals surface area contributed by atoms with E-state index in [0.29, 0.717) is 6.61 Å². The van der Waals surface area contributed by atoms with Crippen LogP contribution >= 0.6 is 0 Å². The summed E-state index contributed by atoms with van der Waals surface area (Å²) in [6, 6.07) is -0.535. The first kappa shape index (κ1) is 24.0. The summed E-state index contributed by atoms with van der Waals surface area (Å²) in [5.74, 6) is -0.194. The summed E-state index contributed by atoms with van der Waals surface area (Å²) in [7, 11) is 0. The summed E-state index contributed by atoms with van der Waals surface area (Å²) < 4.78 is 5.32. The van der Waals surface area contributed by atoms with E-state index in [9.17, 15) is 9.59 Å². The fourth-order valence-electron chi connectivity index (χ4n) is 3.82. The first-order valence-corrected chi connectivity index (χ1v) is 11.6. The van der Waals surface area contributed by atoms with Crippen LogP contribution in [0.3, 0.4) is 0 Å².